The first-order chi connectivity index (χ1) is 14.7. The van der Waals surface area contributed by atoms with Crippen molar-refractivity contribution in [1.29, 1.82) is 0 Å². The molecule has 0 saturated heterocycles. The third-order valence-electron chi connectivity index (χ3n) is 4.28. The maximum absolute atomic E-state index is 13.1. The highest BCUT2D eigenvalue weighted by molar-refractivity contribution is 6.02. The summed E-state index contributed by atoms with van der Waals surface area (Å²) < 4.78 is 54.0. The van der Waals surface area contributed by atoms with Crippen LogP contribution in [0.25, 0.3) is 11.5 Å². The van der Waals surface area contributed by atoms with Gasteiger partial charge in [-0.15, -0.1) is 0 Å². The Kier molecular flexibility index (Phi) is 5.01. The highest BCUT2D eigenvalue weighted by atomic mass is 19.4. The fourth-order valence-corrected chi connectivity index (χ4v) is 2.81. The number of amides is 1. The molecule has 158 valence electrons. The number of pyridine rings is 1. The van der Waals surface area contributed by atoms with Gasteiger partial charge in [-0.2, -0.15) is 28.1 Å². The monoisotopic (exact) mass is 430 g/mol. The summed E-state index contributed by atoms with van der Waals surface area (Å²) in [5.74, 6) is -0.636. The number of hydrogen-bond acceptors (Lipinski definition) is 4. The lowest BCUT2D eigenvalue weighted by molar-refractivity contribution is -0.137. The summed E-state index contributed by atoms with van der Waals surface area (Å²) in [5.41, 5.74) is 0.274. The molecule has 0 aliphatic rings. The van der Waals surface area contributed by atoms with Crippen molar-refractivity contribution >= 4 is 11.7 Å². The van der Waals surface area contributed by atoms with Crippen LogP contribution in [0, 0.1) is 12.7 Å². The van der Waals surface area contributed by atoms with E-state index >= 15 is 0 Å². The minimum Gasteiger partial charge on any atom is -0.305 e. The van der Waals surface area contributed by atoms with Crippen molar-refractivity contribution < 1.29 is 22.4 Å². The summed E-state index contributed by atoms with van der Waals surface area (Å²) in [4.78, 5) is 16.4. The van der Waals surface area contributed by atoms with Crippen LogP contribution < -0.4 is 5.32 Å². The quantitative estimate of drug-likeness (QED) is 0.493. The third kappa shape index (κ3) is 4.29. The van der Waals surface area contributed by atoms with Crippen molar-refractivity contribution in [2.75, 3.05) is 5.32 Å². The van der Waals surface area contributed by atoms with Gasteiger partial charge in [-0.05, 0) is 49.4 Å². The van der Waals surface area contributed by atoms with Gasteiger partial charge in [0.1, 0.15) is 11.6 Å². The van der Waals surface area contributed by atoms with Crippen LogP contribution in [0.1, 0.15) is 21.7 Å². The minimum atomic E-state index is -4.51. The number of nitrogens with one attached hydrogen (secondary N) is 1. The van der Waals surface area contributed by atoms with Gasteiger partial charge in [0.15, 0.2) is 11.5 Å². The van der Waals surface area contributed by atoms with Crippen LogP contribution in [-0.4, -0.2) is 30.5 Å². The van der Waals surface area contributed by atoms with E-state index in [-0.39, 0.29) is 17.3 Å². The zero-order valence-electron chi connectivity index (χ0n) is 15.9. The average Bonchev–Trinajstić information content (AvgIpc) is 3.35. The smallest absolute Gasteiger partial charge is 0.305 e. The van der Waals surface area contributed by atoms with Crippen LogP contribution in [-0.2, 0) is 6.18 Å². The standard InChI is InChI=1S/C20H14F4N6O/c1-12-10-18(30(27-12)17-7-2-13(11-25-17)20(22,23)24)26-19(31)16-8-9-29(28-16)15-5-3-14(21)4-6-15/h2-11H,1H3,(H,26,31). The largest absolute Gasteiger partial charge is 0.417 e. The first-order valence-corrected chi connectivity index (χ1v) is 8.94. The Morgan fingerprint density at radius 3 is 2.42 bits per heavy atom. The van der Waals surface area contributed by atoms with E-state index in [1.165, 1.54) is 39.7 Å². The van der Waals surface area contributed by atoms with Gasteiger partial charge < -0.3 is 5.32 Å². The molecule has 3 heterocycles. The number of benzene rings is 1. The van der Waals surface area contributed by atoms with E-state index in [4.69, 9.17) is 0 Å². The maximum atomic E-state index is 13.1. The van der Waals surface area contributed by atoms with Crippen LogP contribution in [0.3, 0.4) is 0 Å². The zero-order chi connectivity index (χ0) is 22.2. The van der Waals surface area contributed by atoms with Crippen LogP contribution in [0.5, 0.6) is 0 Å². The molecule has 1 aromatic carbocycles. The molecule has 7 nitrogen and oxygen atoms in total. The predicted octanol–water partition coefficient (Wildman–Crippen LogP) is 4.17. The van der Waals surface area contributed by atoms with Gasteiger partial charge in [-0.25, -0.2) is 14.1 Å². The van der Waals surface area contributed by atoms with Crippen LogP contribution in [0.4, 0.5) is 23.4 Å². The molecule has 11 heteroatoms. The number of carbonyl (C=O) groups excluding carboxylic acids is 1. The summed E-state index contributed by atoms with van der Waals surface area (Å²) >= 11 is 0. The molecule has 31 heavy (non-hydrogen) atoms. The third-order valence-corrected chi connectivity index (χ3v) is 4.28. The van der Waals surface area contributed by atoms with Crippen LogP contribution in [0.2, 0.25) is 0 Å². The second-order valence-corrected chi connectivity index (χ2v) is 6.56. The second kappa shape index (κ2) is 7.67. The SMILES string of the molecule is Cc1cc(NC(=O)c2ccn(-c3ccc(F)cc3)n2)n(-c2ccc(C(F)(F)F)cn2)n1. The number of halogens is 4. The molecule has 0 aliphatic heterocycles. The van der Waals surface area contributed by atoms with E-state index in [2.05, 4.69) is 20.5 Å². The Balaban J connectivity index is 1.57. The number of anilines is 1. The number of hydrogen-bond donors (Lipinski definition) is 1. The molecule has 3 aromatic heterocycles. The molecule has 1 N–H and O–H groups in total. The lowest BCUT2D eigenvalue weighted by atomic mass is 10.3. The maximum Gasteiger partial charge on any atom is 0.417 e. The molecule has 0 atom stereocenters. The number of aryl methyl sites for hydroxylation is 1. The number of carbonyl (C=O) groups is 1. The Bertz CT molecular complexity index is 1230. The van der Waals surface area contributed by atoms with Gasteiger partial charge in [0, 0.05) is 18.5 Å². The molecule has 4 aromatic rings. The molecule has 0 aliphatic carbocycles. The molecule has 0 radical (unpaired) electrons. The van der Waals surface area contributed by atoms with Crippen LogP contribution >= 0.6 is 0 Å². The molecule has 1 amide bonds. The first-order valence-electron chi connectivity index (χ1n) is 8.94. The predicted molar refractivity (Wildman–Crippen MR) is 103 cm³/mol. The summed E-state index contributed by atoms with van der Waals surface area (Å²) in [6.45, 7) is 1.67. The van der Waals surface area contributed by atoms with Crippen molar-refractivity contribution in [3.05, 3.63) is 83.7 Å². The van der Waals surface area contributed by atoms with Crippen molar-refractivity contribution in [2.24, 2.45) is 0 Å². The van der Waals surface area contributed by atoms with E-state index in [0.29, 0.717) is 17.6 Å². The Morgan fingerprint density at radius 2 is 1.77 bits per heavy atom. The number of alkyl halides is 3. The topological polar surface area (TPSA) is 77.6 Å². The van der Waals surface area contributed by atoms with Gasteiger partial charge >= 0.3 is 6.18 Å². The number of rotatable bonds is 4. The average molecular weight is 430 g/mol. The van der Waals surface area contributed by atoms with Crippen molar-refractivity contribution in [2.45, 2.75) is 13.1 Å². The minimum absolute atomic E-state index is 0.0788. The van der Waals surface area contributed by atoms with Gasteiger partial charge in [0.2, 0.25) is 0 Å². The molecule has 0 bridgehead atoms. The highest BCUT2D eigenvalue weighted by Gasteiger charge is 2.30. The fraction of sp³-hybridized carbons (Fsp3) is 0.100. The first kappa shape index (κ1) is 20.3. The number of aromatic nitrogens is 5. The Hall–Kier alpha value is -4.02. The van der Waals surface area contributed by atoms with E-state index < -0.39 is 23.5 Å². The summed E-state index contributed by atoms with van der Waals surface area (Å²) in [6, 6.07) is 10.6. The van der Waals surface area contributed by atoms with E-state index in [9.17, 15) is 22.4 Å². The van der Waals surface area contributed by atoms with Gasteiger partial charge in [-0.3, -0.25) is 4.79 Å². The van der Waals surface area contributed by atoms with Crippen LogP contribution in [0.15, 0.2) is 60.9 Å². The number of nitrogens with zero attached hydrogens (tertiary/aromatic N) is 5. The molecule has 0 spiro atoms. The molecule has 0 unspecified atom stereocenters. The molecule has 0 fully saturated rings. The Labute approximate surface area is 173 Å². The van der Waals surface area contributed by atoms with Crippen molar-refractivity contribution in [1.82, 2.24) is 24.5 Å². The normalized spacial score (nSPS) is 11.5. The lowest BCUT2D eigenvalue weighted by Gasteiger charge is -2.09. The van der Waals surface area contributed by atoms with E-state index in [0.717, 1.165) is 12.1 Å². The van der Waals surface area contributed by atoms with Crippen molar-refractivity contribution in [3.63, 3.8) is 0 Å². The zero-order valence-corrected chi connectivity index (χ0v) is 15.9. The summed E-state index contributed by atoms with van der Waals surface area (Å²) in [5, 5.41) is 11.0. The second-order valence-electron chi connectivity index (χ2n) is 6.56. The van der Waals surface area contributed by atoms with Gasteiger partial charge in [0.05, 0.1) is 16.9 Å². The van der Waals surface area contributed by atoms with Gasteiger partial charge in [-0.1, -0.05) is 0 Å². The molecule has 0 saturated carbocycles. The van der Waals surface area contributed by atoms with E-state index in [1.807, 2.05) is 0 Å². The van der Waals surface area contributed by atoms with Gasteiger partial charge in [0.25, 0.3) is 5.91 Å². The highest BCUT2D eigenvalue weighted by Crippen LogP contribution is 2.29. The molecular formula is C20H14F4N6O. The van der Waals surface area contributed by atoms with Crippen molar-refractivity contribution in [3.8, 4) is 11.5 Å². The summed E-state index contributed by atoms with van der Waals surface area (Å²) in [7, 11) is 0. The van der Waals surface area contributed by atoms with E-state index in [1.54, 1.807) is 19.2 Å². The fourth-order valence-electron chi connectivity index (χ4n) is 2.81. The lowest BCUT2D eigenvalue weighted by Crippen LogP contribution is -2.16. The summed E-state index contributed by atoms with van der Waals surface area (Å²) in [6.07, 6.45) is -2.27. The molecule has 4 rings (SSSR count). The molecular weight excluding hydrogens is 416 g/mol. The Morgan fingerprint density at radius 1 is 1.03 bits per heavy atom.